The van der Waals surface area contributed by atoms with Gasteiger partial charge in [0.1, 0.15) is 6.61 Å². The first kappa shape index (κ1) is 10.3. The number of ether oxygens (including phenoxy) is 1. The molecular weight excluding hydrogens is 196 g/mol. The van der Waals surface area contributed by atoms with Gasteiger partial charge in [-0.3, -0.25) is 4.79 Å². The molecule has 5 heteroatoms. The minimum absolute atomic E-state index is 0.159. The van der Waals surface area contributed by atoms with Gasteiger partial charge in [0.05, 0.1) is 6.54 Å². The Labute approximate surface area is 89.0 Å². The quantitative estimate of drug-likeness (QED) is 0.682. The Kier molecular flexibility index (Phi) is 3.08. The fourth-order valence-electron chi connectivity index (χ4n) is 1.98. The van der Waals surface area contributed by atoms with Crippen molar-refractivity contribution in [1.82, 2.24) is 9.80 Å². The molecule has 0 saturated carbocycles. The Morgan fingerprint density at radius 3 is 2.60 bits per heavy atom. The molecule has 2 heterocycles. The molecular formula is C10H16N2O3. The largest absolute Gasteiger partial charge is 0.448 e. The summed E-state index contributed by atoms with van der Waals surface area (Å²) in [4.78, 5) is 26.2. The molecule has 0 spiro atoms. The summed E-state index contributed by atoms with van der Waals surface area (Å²) in [5.74, 6) is 0.159. The summed E-state index contributed by atoms with van der Waals surface area (Å²) >= 11 is 0. The van der Waals surface area contributed by atoms with E-state index in [0.29, 0.717) is 26.1 Å². The highest BCUT2D eigenvalue weighted by Gasteiger charge is 2.24. The summed E-state index contributed by atoms with van der Waals surface area (Å²) < 4.78 is 4.79. The minimum atomic E-state index is -0.288. The van der Waals surface area contributed by atoms with E-state index in [4.69, 9.17) is 4.74 Å². The normalized spacial score (nSPS) is 20.9. The second-order valence-corrected chi connectivity index (χ2v) is 3.94. The summed E-state index contributed by atoms with van der Waals surface area (Å²) in [5, 5.41) is 0. The van der Waals surface area contributed by atoms with Crippen LogP contribution in [0.2, 0.25) is 0 Å². The zero-order valence-electron chi connectivity index (χ0n) is 8.78. The maximum Gasteiger partial charge on any atom is 0.409 e. The maximum atomic E-state index is 11.7. The number of hydrogen-bond donors (Lipinski definition) is 0. The third kappa shape index (κ3) is 2.40. The molecule has 2 amide bonds. The Balaban J connectivity index is 1.72. The zero-order valence-corrected chi connectivity index (χ0v) is 8.78. The van der Waals surface area contributed by atoms with Crippen LogP contribution in [0.3, 0.4) is 0 Å². The lowest BCUT2D eigenvalue weighted by Gasteiger charge is -2.17. The van der Waals surface area contributed by atoms with Gasteiger partial charge in [0.2, 0.25) is 5.91 Å². The van der Waals surface area contributed by atoms with Crippen molar-refractivity contribution in [2.45, 2.75) is 19.3 Å². The molecule has 2 aliphatic rings. The molecule has 0 aliphatic carbocycles. The third-order valence-corrected chi connectivity index (χ3v) is 2.90. The fraction of sp³-hybridized carbons (Fsp3) is 0.800. The predicted molar refractivity (Wildman–Crippen MR) is 53.4 cm³/mol. The van der Waals surface area contributed by atoms with Crippen LogP contribution in [0.5, 0.6) is 0 Å². The van der Waals surface area contributed by atoms with Gasteiger partial charge in [-0.1, -0.05) is 0 Å². The van der Waals surface area contributed by atoms with Crippen LogP contribution in [0.4, 0.5) is 4.79 Å². The number of carbonyl (C=O) groups excluding carboxylic acids is 2. The van der Waals surface area contributed by atoms with Crippen molar-refractivity contribution in [1.29, 1.82) is 0 Å². The highest BCUT2D eigenvalue weighted by molar-refractivity contribution is 5.77. The molecule has 0 N–H and O–H groups in total. The second kappa shape index (κ2) is 4.51. The number of likely N-dealkylation sites (tertiary alicyclic amines) is 1. The summed E-state index contributed by atoms with van der Waals surface area (Å²) in [7, 11) is 0. The Bertz CT molecular complexity index is 261. The molecule has 15 heavy (non-hydrogen) atoms. The number of amides is 2. The van der Waals surface area contributed by atoms with Gasteiger partial charge in [0.25, 0.3) is 0 Å². The molecule has 0 aromatic rings. The average molecular weight is 212 g/mol. The van der Waals surface area contributed by atoms with Gasteiger partial charge in [-0.2, -0.15) is 0 Å². The fourth-order valence-corrected chi connectivity index (χ4v) is 1.98. The number of cyclic esters (lactones) is 1. The topological polar surface area (TPSA) is 49.9 Å². The van der Waals surface area contributed by atoms with Crippen LogP contribution >= 0.6 is 0 Å². The number of hydrogen-bond acceptors (Lipinski definition) is 3. The molecule has 84 valence electrons. The van der Waals surface area contributed by atoms with Gasteiger partial charge in [-0.05, 0) is 12.8 Å². The van der Waals surface area contributed by atoms with Crippen LogP contribution in [0.15, 0.2) is 0 Å². The van der Waals surface area contributed by atoms with Gasteiger partial charge < -0.3 is 14.5 Å². The van der Waals surface area contributed by atoms with Crippen molar-refractivity contribution in [3.05, 3.63) is 0 Å². The third-order valence-electron chi connectivity index (χ3n) is 2.90. The smallest absolute Gasteiger partial charge is 0.409 e. The lowest BCUT2D eigenvalue weighted by Crippen LogP contribution is -2.33. The van der Waals surface area contributed by atoms with E-state index in [0.717, 1.165) is 25.9 Å². The number of nitrogens with zero attached hydrogens (tertiary/aromatic N) is 2. The molecule has 2 rings (SSSR count). The molecule has 0 radical (unpaired) electrons. The van der Waals surface area contributed by atoms with Crippen LogP contribution in [0.1, 0.15) is 19.3 Å². The molecule has 2 aliphatic heterocycles. The molecule has 0 unspecified atom stereocenters. The second-order valence-electron chi connectivity index (χ2n) is 3.94. The van der Waals surface area contributed by atoms with E-state index in [1.807, 2.05) is 4.90 Å². The van der Waals surface area contributed by atoms with E-state index in [1.54, 1.807) is 4.90 Å². The van der Waals surface area contributed by atoms with Crippen LogP contribution < -0.4 is 0 Å². The van der Waals surface area contributed by atoms with E-state index in [1.165, 1.54) is 0 Å². The Hall–Kier alpha value is -1.26. The minimum Gasteiger partial charge on any atom is -0.448 e. The SMILES string of the molecule is O=C(CCN1CCOC1=O)N1CCCC1. The van der Waals surface area contributed by atoms with Crippen molar-refractivity contribution >= 4 is 12.0 Å². The first-order chi connectivity index (χ1) is 7.27. The van der Waals surface area contributed by atoms with Crippen molar-refractivity contribution in [2.75, 3.05) is 32.8 Å². The summed E-state index contributed by atoms with van der Waals surface area (Å²) in [6, 6.07) is 0. The lowest BCUT2D eigenvalue weighted by molar-refractivity contribution is -0.130. The molecule has 2 fully saturated rings. The van der Waals surface area contributed by atoms with Crippen LogP contribution in [0.25, 0.3) is 0 Å². The highest BCUT2D eigenvalue weighted by Crippen LogP contribution is 2.10. The predicted octanol–water partition coefficient (Wildman–Crippen LogP) is 0.451. The van der Waals surface area contributed by atoms with Gasteiger partial charge >= 0.3 is 6.09 Å². The van der Waals surface area contributed by atoms with Crippen molar-refractivity contribution < 1.29 is 14.3 Å². The number of carbonyl (C=O) groups is 2. The monoisotopic (exact) mass is 212 g/mol. The van der Waals surface area contributed by atoms with Crippen LogP contribution in [-0.4, -0.2) is 54.6 Å². The van der Waals surface area contributed by atoms with E-state index in [9.17, 15) is 9.59 Å². The summed E-state index contributed by atoms with van der Waals surface area (Å²) in [6.45, 7) is 3.32. The van der Waals surface area contributed by atoms with E-state index in [2.05, 4.69) is 0 Å². The summed E-state index contributed by atoms with van der Waals surface area (Å²) in [5.41, 5.74) is 0. The van der Waals surface area contributed by atoms with E-state index in [-0.39, 0.29) is 12.0 Å². The van der Waals surface area contributed by atoms with E-state index >= 15 is 0 Å². The maximum absolute atomic E-state index is 11.7. The first-order valence-corrected chi connectivity index (χ1v) is 5.47. The van der Waals surface area contributed by atoms with Crippen LogP contribution in [-0.2, 0) is 9.53 Å². The van der Waals surface area contributed by atoms with Crippen molar-refractivity contribution in [3.63, 3.8) is 0 Å². The number of rotatable bonds is 3. The average Bonchev–Trinajstić information content (AvgIpc) is 2.85. The molecule has 2 saturated heterocycles. The molecule has 5 nitrogen and oxygen atoms in total. The molecule has 0 aromatic heterocycles. The molecule has 0 aromatic carbocycles. The molecule has 0 bridgehead atoms. The van der Waals surface area contributed by atoms with Crippen molar-refractivity contribution in [3.8, 4) is 0 Å². The van der Waals surface area contributed by atoms with Crippen LogP contribution in [0, 0.1) is 0 Å². The Morgan fingerprint density at radius 2 is 2.00 bits per heavy atom. The van der Waals surface area contributed by atoms with Crippen molar-refractivity contribution in [2.24, 2.45) is 0 Å². The van der Waals surface area contributed by atoms with E-state index < -0.39 is 0 Å². The van der Waals surface area contributed by atoms with Gasteiger partial charge in [0.15, 0.2) is 0 Å². The van der Waals surface area contributed by atoms with Gasteiger partial charge in [-0.25, -0.2) is 4.79 Å². The first-order valence-electron chi connectivity index (χ1n) is 5.47. The Morgan fingerprint density at radius 1 is 1.27 bits per heavy atom. The van der Waals surface area contributed by atoms with Gasteiger partial charge in [0, 0.05) is 26.1 Å². The highest BCUT2D eigenvalue weighted by atomic mass is 16.6. The van der Waals surface area contributed by atoms with Gasteiger partial charge in [-0.15, -0.1) is 0 Å². The summed E-state index contributed by atoms with van der Waals surface area (Å²) in [6.07, 6.45) is 2.36. The lowest BCUT2D eigenvalue weighted by atomic mass is 10.3. The standard InChI is InChI=1S/C10H16N2O3/c13-9(11-4-1-2-5-11)3-6-12-7-8-15-10(12)14/h1-8H2. The zero-order chi connectivity index (χ0) is 10.7. The molecule has 0 atom stereocenters.